The van der Waals surface area contributed by atoms with E-state index in [0.29, 0.717) is 11.0 Å². The van der Waals surface area contributed by atoms with E-state index in [-0.39, 0.29) is 5.88 Å². The average molecular weight is 342 g/mol. The summed E-state index contributed by atoms with van der Waals surface area (Å²) in [4.78, 5) is 13.0. The summed E-state index contributed by atoms with van der Waals surface area (Å²) in [5, 5.41) is 0.790. The van der Waals surface area contributed by atoms with E-state index >= 15 is 0 Å². The van der Waals surface area contributed by atoms with Crippen molar-refractivity contribution in [2.45, 2.75) is 13.5 Å². The van der Waals surface area contributed by atoms with Crippen LogP contribution in [0.2, 0.25) is 0 Å². The minimum Gasteiger partial charge on any atom is -0.415 e. The topological polar surface area (TPSA) is 47.9 Å². The molecule has 2 heterocycles. The van der Waals surface area contributed by atoms with Crippen molar-refractivity contribution in [2.75, 3.05) is 0 Å². The van der Waals surface area contributed by atoms with Crippen molar-refractivity contribution in [3.05, 3.63) is 48.2 Å². The Balaban J connectivity index is 1.91. The van der Waals surface area contributed by atoms with Crippen molar-refractivity contribution in [1.82, 2.24) is 15.0 Å². The fraction of sp³-hybridized carbons (Fsp3) is 0.118. The van der Waals surface area contributed by atoms with Gasteiger partial charge in [0.2, 0.25) is 5.88 Å². The van der Waals surface area contributed by atoms with Crippen LogP contribution < -0.4 is 4.74 Å². The maximum Gasteiger partial charge on any atom is 0.388 e. The van der Waals surface area contributed by atoms with Gasteiger partial charge in [-0.1, -0.05) is 12.1 Å². The van der Waals surface area contributed by atoms with Crippen molar-refractivity contribution in [3.63, 3.8) is 0 Å². The van der Waals surface area contributed by atoms with E-state index in [1.165, 1.54) is 17.5 Å². The summed E-state index contributed by atoms with van der Waals surface area (Å²) in [6.07, 6.45) is 1.20. The van der Waals surface area contributed by atoms with E-state index in [0.717, 1.165) is 26.4 Å². The summed E-state index contributed by atoms with van der Waals surface area (Å²) >= 11 is 1.50. The summed E-state index contributed by atoms with van der Waals surface area (Å²) in [5.41, 5.74) is 3.70. The lowest BCUT2D eigenvalue weighted by atomic mass is 10.1. The van der Waals surface area contributed by atoms with Gasteiger partial charge in [0.25, 0.3) is 0 Å². The third-order valence-electron chi connectivity index (χ3n) is 3.43. The van der Waals surface area contributed by atoms with Gasteiger partial charge in [-0.3, -0.25) is 0 Å². The molecule has 0 saturated heterocycles. The Hall–Kier alpha value is -2.67. The van der Waals surface area contributed by atoms with Gasteiger partial charge in [0.15, 0.2) is 0 Å². The molecule has 0 bridgehead atoms. The van der Waals surface area contributed by atoms with Crippen molar-refractivity contribution < 1.29 is 13.5 Å². The second kappa shape index (κ2) is 5.76. The molecule has 24 heavy (non-hydrogen) atoms. The molecule has 2 aromatic heterocycles. The first-order valence-corrected chi connectivity index (χ1v) is 7.91. The summed E-state index contributed by atoms with van der Waals surface area (Å²) in [6, 6.07) is 12.5. The minimum atomic E-state index is -2.93. The predicted octanol–water partition coefficient (Wildman–Crippen LogP) is 4.62. The third kappa shape index (κ3) is 2.67. The highest BCUT2D eigenvalue weighted by molar-refractivity contribution is 7.21. The first-order valence-electron chi connectivity index (χ1n) is 7.10. The molecule has 2 aromatic carbocycles. The van der Waals surface area contributed by atoms with E-state index in [9.17, 15) is 8.78 Å². The maximum absolute atomic E-state index is 12.4. The smallest absolute Gasteiger partial charge is 0.388 e. The van der Waals surface area contributed by atoms with Gasteiger partial charge in [-0.25, -0.2) is 15.0 Å². The molecule has 119 valence electrons. The first kappa shape index (κ1) is 14.9. The second-order valence-electron chi connectivity index (χ2n) is 5.17. The number of nitrogens with zero attached hydrogens (tertiary/aromatic N) is 3. The van der Waals surface area contributed by atoms with Gasteiger partial charge in [-0.2, -0.15) is 8.78 Å². The minimum absolute atomic E-state index is 0.202. The van der Waals surface area contributed by atoms with Crippen LogP contribution in [0.25, 0.3) is 31.8 Å². The van der Waals surface area contributed by atoms with Gasteiger partial charge >= 0.3 is 6.61 Å². The fourth-order valence-electron chi connectivity index (χ4n) is 2.49. The number of aromatic nitrogens is 3. The lowest BCUT2D eigenvalue weighted by Gasteiger charge is -2.07. The Morgan fingerprint density at radius 3 is 2.88 bits per heavy atom. The number of rotatable bonds is 3. The Bertz CT molecular complexity index is 1020. The third-order valence-corrected chi connectivity index (χ3v) is 4.46. The predicted molar refractivity (Wildman–Crippen MR) is 88.4 cm³/mol. The van der Waals surface area contributed by atoms with E-state index in [1.54, 1.807) is 6.07 Å². The average Bonchev–Trinajstić information content (AvgIpc) is 2.97. The van der Waals surface area contributed by atoms with Crippen LogP contribution in [0, 0.1) is 13.0 Å². The van der Waals surface area contributed by atoms with Crippen LogP contribution in [0.4, 0.5) is 8.78 Å². The molecular formula is C17H10F2N3OS. The quantitative estimate of drug-likeness (QED) is 0.545. The molecule has 0 saturated carbocycles. The molecule has 0 amide bonds. The lowest BCUT2D eigenvalue weighted by molar-refractivity contribution is -0.0528. The molecule has 1 radical (unpaired) electrons. The highest BCUT2D eigenvalue weighted by Gasteiger charge is 2.14. The Labute approximate surface area is 139 Å². The van der Waals surface area contributed by atoms with E-state index in [1.807, 2.05) is 31.2 Å². The number of fused-ring (bicyclic) bond motifs is 2. The van der Waals surface area contributed by atoms with Crippen LogP contribution >= 0.6 is 11.3 Å². The number of thiazole rings is 1. The van der Waals surface area contributed by atoms with Crippen molar-refractivity contribution in [3.8, 4) is 16.5 Å². The van der Waals surface area contributed by atoms with Crippen LogP contribution in [0.5, 0.6) is 5.88 Å². The van der Waals surface area contributed by atoms with Gasteiger partial charge < -0.3 is 4.74 Å². The Kier molecular flexibility index (Phi) is 3.57. The van der Waals surface area contributed by atoms with Crippen molar-refractivity contribution in [2.24, 2.45) is 0 Å². The molecule has 4 aromatic rings. The van der Waals surface area contributed by atoms with Crippen LogP contribution in [0.1, 0.15) is 5.56 Å². The number of halogens is 2. The summed E-state index contributed by atoms with van der Waals surface area (Å²) in [7, 11) is 0. The number of benzene rings is 2. The SMILES string of the molecule is Cc1cc(-c2nc3ccc[c]c3s2)c2ncc(OC(F)F)nc2c1. The number of aryl methyl sites for hydroxylation is 1. The van der Waals surface area contributed by atoms with Crippen molar-refractivity contribution in [1.29, 1.82) is 0 Å². The lowest BCUT2D eigenvalue weighted by Crippen LogP contribution is -2.04. The number of ether oxygens (including phenoxy) is 1. The zero-order valence-corrected chi connectivity index (χ0v) is 13.3. The zero-order chi connectivity index (χ0) is 16.7. The number of alkyl halides is 2. The summed E-state index contributed by atoms with van der Waals surface area (Å²) in [5.74, 6) is -0.202. The molecule has 0 N–H and O–H groups in total. The molecule has 0 unspecified atom stereocenters. The maximum atomic E-state index is 12.4. The van der Waals surface area contributed by atoms with E-state index < -0.39 is 6.61 Å². The molecule has 0 fully saturated rings. The van der Waals surface area contributed by atoms with Crippen molar-refractivity contribution >= 4 is 32.6 Å². The summed E-state index contributed by atoms with van der Waals surface area (Å²) < 4.78 is 30.0. The second-order valence-corrected chi connectivity index (χ2v) is 6.17. The van der Waals surface area contributed by atoms with E-state index in [4.69, 9.17) is 0 Å². The Morgan fingerprint density at radius 1 is 1.21 bits per heavy atom. The molecule has 0 spiro atoms. The molecule has 4 rings (SSSR count). The van der Waals surface area contributed by atoms with Gasteiger partial charge in [-0.05, 0) is 30.7 Å². The normalized spacial score (nSPS) is 11.5. The standard InChI is InChI=1S/C17H10F2N3OS/c1-9-6-10(16-22-11-4-2-3-5-13(11)24-16)15-12(7-9)21-14(8-20-15)23-17(18)19/h2-4,6-8,17H,1H3. The number of hydrogen-bond acceptors (Lipinski definition) is 5. The molecule has 4 nitrogen and oxygen atoms in total. The van der Waals surface area contributed by atoms with Gasteiger partial charge in [0, 0.05) is 11.6 Å². The highest BCUT2D eigenvalue weighted by Crippen LogP contribution is 2.34. The van der Waals surface area contributed by atoms with Crippen LogP contribution in [0.15, 0.2) is 36.5 Å². The van der Waals surface area contributed by atoms with Gasteiger partial charge in [0.1, 0.15) is 5.01 Å². The zero-order valence-electron chi connectivity index (χ0n) is 12.5. The molecule has 7 heteroatoms. The highest BCUT2D eigenvalue weighted by atomic mass is 32.1. The molecular weight excluding hydrogens is 332 g/mol. The van der Waals surface area contributed by atoms with E-state index in [2.05, 4.69) is 25.8 Å². The largest absolute Gasteiger partial charge is 0.415 e. The van der Waals surface area contributed by atoms with Gasteiger partial charge in [-0.15, -0.1) is 11.3 Å². The molecule has 0 aliphatic carbocycles. The summed E-state index contributed by atoms with van der Waals surface area (Å²) in [6.45, 7) is -1.02. The molecule has 0 atom stereocenters. The molecule has 0 aliphatic rings. The van der Waals surface area contributed by atoms with Gasteiger partial charge in [0.05, 0.1) is 27.4 Å². The molecule has 0 aliphatic heterocycles. The monoisotopic (exact) mass is 342 g/mol. The Morgan fingerprint density at radius 2 is 2.08 bits per heavy atom. The first-order chi connectivity index (χ1) is 11.6. The number of hydrogen-bond donors (Lipinski definition) is 0. The van der Waals surface area contributed by atoms with Crippen LogP contribution in [0.3, 0.4) is 0 Å². The van der Waals surface area contributed by atoms with Crippen LogP contribution in [-0.4, -0.2) is 21.6 Å². The fourth-order valence-corrected chi connectivity index (χ4v) is 3.43. The van der Waals surface area contributed by atoms with Crippen LogP contribution in [-0.2, 0) is 0 Å².